The van der Waals surface area contributed by atoms with Crippen molar-refractivity contribution < 1.29 is 17.9 Å². The van der Waals surface area contributed by atoms with Gasteiger partial charge >= 0.3 is 0 Å². The zero-order valence-electron chi connectivity index (χ0n) is 17.1. The van der Waals surface area contributed by atoms with Crippen LogP contribution < -0.4 is 5.73 Å². The van der Waals surface area contributed by atoms with Gasteiger partial charge in [0.05, 0.1) is 35.8 Å². The minimum atomic E-state index is -3.37. The number of nitrogen functional groups attached to an aromatic ring is 1. The van der Waals surface area contributed by atoms with Crippen molar-refractivity contribution in [2.24, 2.45) is 5.92 Å². The highest BCUT2D eigenvalue weighted by molar-refractivity contribution is 7.91. The van der Waals surface area contributed by atoms with Gasteiger partial charge in [0.1, 0.15) is 5.69 Å². The van der Waals surface area contributed by atoms with Crippen LogP contribution in [0.2, 0.25) is 0 Å². The molecule has 0 saturated carbocycles. The first kappa shape index (κ1) is 21.1. The fourth-order valence-corrected chi connectivity index (χ4v) is 4.89. The Bertz CT molecular complexity index is 1200. The highest BCUT2D eigenvalue weighted by Crippen LogP contribution is 2.22. The van der Waals surface area contributed by atoms with Crippen LogP contribution in [0.5, 0.6) is 0 Å². The van der Waals surface area contributed by atoms with Gasteiger partial charge in [-0.05, 0) is 24.6 Å². The maximum absolute atomic E-state index is 12.8. The molecule has 4 rings (SSSR count). The number of hydrogen-bond acceptors (Lipinski definition) is 7. The lowest BCUT2D eigenvalue weighted by Gasteiger charge is -2.25. The van der Waals surface area contributed by atoms with E-state index in [1.54, 1.807) is 18.3 Å². The number of carbonyl (C=O) groups excluding carboxylic acids is 1. The van der Waals surface area contributed by atoms with Gasteiger partial charge in [-0.3, -0.25) is 4.79 Å². The van der Waals surface area contributed by atoms with Gasteiger partial charge in [-0.15, -0.1) is 0 Å². The summed E-state index contributed by atoms with van der Waals surface area (Å²) in [6.45, 7) is 2.96. The number of ketones is 1. The average molecular weight is 438 g/mol. The molecule has 2 N–H and O–H groups in total. The Kier molecular flexibility index (Phi) is 5.84. The normalized spacial score (nSPS) is 14.2. The van der Waals surface area contributed by atoms with Gasteiger partial charge in [0, 0.05) is 17.9 Å². The maximum Gasteiger partial charge on any atom is 0.189 e. The summed E-state index contributed by atoms with van der Waals surface area (Å²) in [5.74, 6) is -0.0824. The van der Waals surface area contributed by atoms with E-state index in [1.165, 1.54) is 12.1 Å². The molecule has 1 fully saturated rings. The van der Waals surface area contributed by atoms with Crippen molar-refractivity contribution in [2.75, 3.05) is 24.7 Å². The van der Waals surface area contributed by atoms with Crippen LogP contribution in [0.1, 0.15) is 21.6 Å². The lowest BCUT2D eigenvalue weighted by molar-refractivity contribution is -0.0204. The third kappa shape index (κ3) is 4.81. The van der Waals surface area contributed by atoms with Gasteiger partial charge in [0.2, 0.25) is 0 Å². The number of Topliss-reactive ketones (excluding diaryl/α,β-unsaturated/α-hetero) is 1. The van der Waals surface area contributed by atoms with E-state index in [2.05, 4.69) is 9.97 Å². The molecular weight excluding hydrogens is 414 g/mol. The Morgan fingerprint density at radius 3 is 2.39 bits per heavy atom. The average Bonchev–Trinajstić information content (AvgIpc) is 2.72. The molecule has 1 aliphatic heterocycles. The van der Waals surface area contributed by atoms with Crippen molar-refractivity contribution in [1.82, 2.24) is 9.97 Å². The monoisotopic (exact) mass is 437 g/mol. The largest absolute Gasteiger partial charge is 0.382 e. The predicted octanol–water partition coefficient (Wildman–Crippen LogP) is 2.88. The molecule has 1 aromatic heterocycles. The minimum absolute atomic E-state index is 0.0486. The summed E-state index contributed by atoms with van der Waals surface area (Å²) in [4.78, 5) is 21.6. The fraction of sp³-hybridized carbons (Fsp3) is 0.261. The van der Waals surface area contributed by atoms with E-state index in [4.69, 9.17) is 10.5 Å². The van der Waals surface area contributed by atoms with E-state index in [-0.39, 0.29) is 40.3 Å². The smallest absolute Gasteiger partial charge is 0.189 e. The first-order valence-electron chi connectivity index (χ1n) is 9.94. The number of rotatable bonds is 7. The van der Waals surface area contributed by atoms with Crippen LogP contribution in [0.15, 0.2) is 59.6 Å². The van der Waals surface area contributed by atoms with E-state index in [1.807, 2.05) is 31.2 Å². The zero-order valence-corrected chi connectivity index (χ0v) is 17.9. The fourth-order valence-electron chi connectivity index (χ4n) is 3.34. The van der Waals surface area contributed by atoms with E-state index in [0.717, 1.165) is 11.1 Å². The number of anilines is 1. The molecule has 0 radical (unpaired) electrons. The van der Waals surface area contributed by atoms with Gasteiger partial charge in [0.15, 0.2) is 21.4 Å². The molecule has 1 saturated heterocycles. The van der Waals surface area contributed by atoms with Crippen LogP contribution in [0.25, 0.3) is 11.3 Å². The summed E-state index contributed by atoms with van der Waals surface area (Å²) >= 11 is 0. The quantitative estimate of drug-likeness (QED) is 0.566. The third-order valence-electron chi connectivity index (χ3n) is 5.22. The molecule has 7 nitrogen and oxygen atoms in total. The molecule has 2 aromatic carbocycles. The minimum Gasteiger partial charge on any atom is -0.382 e. The molecular formula is C23H23N3O4S. The molecule has 0 bridgehead atoms. The molecule has 0 aliphatic carbocycles. The molecule has 8 heteroatoms. The first-order valence-corrected chi connectivity index (χ1v) is 11.6. The number of nitrogens with two attached hydrogens (primary N) is 1. The Hall–Kier alpha value is -3.10. The molecule has 2 heterocycles. The number of nitrogens with zero attached hydrogens (tertiary/aromatic N) is 2. The van der Waals surface area contributed by atoms with Crippen molar-refractivity contribution >= 4 is 21.4 Å². The number of benzene rings is 2. The van der Waals surface area contributed by atoms with E-state index in [9.17, 15) is 13.2 Å². The molecule has 160 valence electrons. The number of aryl methyl sites for hydroxylation is 1. The maximum atomic E-state index is 12.8. The zero-order chi connectivity index (χ0) is 22.0. The molecule has 31 heavy (non-hydrogen) atoms. The van der Waals surface area contributed by atoms with Gasteiger partial charge < -0.3 is 10.5 Å². The Morgan fingerprint density at radius 2 is 1.77 bits per heavy atom. The molecule has 0 spiro atoms. The van der Waals surface area contributed by atoms with Crippen molar-refractivity contribution in [3.05, 3.63) is 71.5 Å². The topological polar surface area (TPSA) is 112 Å². The van der Waals surface area contributed by atoms with Crippen LogP contribution in [-0.2, 0) is 21.0 Å². The molecule has 0 amide bonds. The summed E-state index contributed by atoms with van der Waals surface area (Å²) in [6.07, 6.45) is 1.59. The van der Waals surface area contributed by atoms with Gasteiger partial charge in [-0.2, -0.15) is 0 Å². The number of ether oxygens (including phenoxy) is 1. The molecule has 3 aromatic rings. The van der Waals surface area contributed by atoms with Crippen molar-refractivity contribution in [3.63, 3.8) is 0 Å². The van der Waals surface area contributed by atoms with E-state index in [0.29, 0.717) is 24.5 Å². The molecule has 0 unspecified atom stereocenters. The lowest BCUT2D eigenvalue weighted by Crippen LogP contribution is -2.33. The van der Waals surface area contributed by atoms with Gasteiger partial charge in [0.25, 0.3) is 0 Å². The second kappa shape index (κ2) is 8.56. The molecule has 1 aliphatic rings. The van der Waals surface area contributed by atoms with Gasteiger partial charge in [-0.25, -0.2) is 18.4 Å². The Balaban J connectivity index is 1.50. The third-order valence-corrected chi connectivity index (χ3v) is 7.12. The SMILES string of the molecule is Cc1ccc(-c2cnc(N)c(C(=O)Cc3ccc(S(=O)(=O)CC4COC4)cc3)n2)cc1. The predicted molar refractivity (Wildman–Crippen MR) is 117 cm³/mol. The summed E-state index contributed by atoms with van der Waals surface area (Å²) in [7, 11) is -3.37. The van der Waals surface area contributed by atoms with Crippen molar-refractivity contribution in [1.29, 1.82) is 0 Å². The summed E-state index contributed by atoms with van der Waals surface area (Å²) in [6, 6.07) is 14.1. The Morgan fingerprint density at radius 1 is 1.10 bits per heavy atom. The molecule has 0 atom stereocenters. The second-order valence-corrected chi connectivity index (χ2v) is 9.82. The summed E-state index contributed by atoms with van der Waals surface area (Å²) in [5.41, 5.74) is 9.23. The van der Waals surface area contributed by atoms with Crippen LogP contribution in [-0.4, -0.2) is 43.1 Å². The van der Waals surface area contributed by atoms with E-state index < -0.39 is 9.84 Å². The number of hydrogen-bond donors (Lipinski definition) is 1. The van der Waals surface area contributed by atoms with E-state index >= 15 is 0 Å². The van der Waals surface area contributed by atoms with Crippen LogP contribution in [0.3, 0.4) is 0 Å². The lowest BCUT2D eigenvalue weighted by atomic mass is 10.1. The van der Waals surface area contributed by atoms with Crippen LogP contribution in [0.4, 0.5) is 5.82 Å². The Labute approximate surface area is 181 Å². The first-order chi connectivity index (χ1) is 14.8. The van der Waals surface area contributed by atoms with Crippen molar-refractivity contribution in [2.45, 2.75) is 18.2 Å². The van der Waals surface area contributed by atoms with Gasteiger partial charge in [-0.1, -0.05) is 42.0 Å². The standard InChI is InChI=1S/C23H23N3O4S/c1-15-2-6-18(7-3-15)20-11-25-23(24)22(26-20)21(27)10-16-4-8-19(9-5-16)31(28,29)14-17-12-30-13-17/h2-9,11,17H,10,12-14H2,1H3,(H2,24,25). The number of aromatic nitrogens is 2. The van der Waals surface area contributed by atoms with Crippen molar-refractivity contribution in [3.8, 4) is 11.3 Å². The highest BCUT2D eigenvalue weighted by atomic mass is 32.2. The highest BCUT2D eigenvalue weighted by Gasteiger charge is 2.26. The number of sulfone groups is 1. The van der Waals surface area contributed by atoms with Crippen LogP contribution >= 0.6 is 0 Å². The number of carbonyl (C=O) groups is 1. The summed E-state index contributed by atoms with van der Waals surface area (Å²) < 4.78 is 30.0. The second-order valence-electron chi connectivity index (χ2n) is 7.78. The summed E-state index contributed by atoms with van der Waals surface area (Å²) in [5, 5.41) is 0. The van der Waals surface area contributed by atoms with Crippen LogP contribution in [0, 0.1) is 12.8 Å².